The van der Waals surface area contributed by atoms with E-state index in [9.17, 15) is 19.8 Å². The molecule has 3 aromatic rings. The number of nitrogens with zero attached hydrogens (tertiary/aromatic N) is 3. The van der Waals surface area contributed by atoms with Crippen LogP contribution in [0.3, 0.4) is 0 Å². The maximum atomic E-state index is 13.6. The number of anilines is 1. The van der Waals surface area contributed by atoms with Gasteiger partial charge in [0, 0.05) is 36.7 Å². The van der Waals surface area contributed by atoms with Gasteiger partial charge in [-0.25, -0.2) is 9.78 Å². The summed E-state index contributed by atoms with van der Waals surface area (Å²) in [7, 11) is 1.70. The quantitative estimate of drug-likeness (QED) is 0.376. The number of nitrogens with one attached hydrogen (secondary N) is 1. The highest BCUT2D eigenvalue weighted by atomic mass is 16.5. The van der Waals surface area contributed by atoms with Gasteiger partial charge in [-0.05, 0) is 30.9 Å². The molecule has 0 aliphatic carbocycles. The number of hydrogen-bond acceptors (Lipinski definition) is 6. The Kier molecular flexibility index (Phi) is 9.82. The van der Waals surface area contributed by atoms with E-state index >= 15 is 0 Å². The van der Waals surface area contributed by atoms with Crippen molar-refractivity contribution < 1.29 is 24.5 Å². The zero-order valence-corrected chi connectivity index (χ0v) is 24.0. The molecule has 0 saturated carbocycles. The molecule has 2 heterocycles. The van der Waals surface area contributed by atoms with Crippen LogP contribution in [0.5, 0.6) is 5.88 Å². The first-order valence-corrected chi connectivity index (χ1v) is 14.0. The standard InChI is InChI=1S/C32H38N4O5/c1-5-9-25(38)15-14-23-16-27-30(33-17-23)41-29(21(2)18-36(31(27)39)22(3)20-37)19-35(4)32(40)34-28-13-8-11-24-10-6-7-12-26(24)28/h6-8,10-13,16-17,21-22,25,29,37-38H,5,9,18-20H2,1-4H3,(H,34,40)/t21-,22+,25?,29-/m0/s1. The lowest BCUT2D eigenvalue weighted by Gasteiger charge is -2.37. The van der Waals surface area contributed by atoms with Gasteiger partial charge >= 0.3 is 6.03 Å². The summed E-state index contributed by atoms with van der Waals surface area (Å²) in [6.45, 7) is 6.04. The lowest BCUT2D eigenvalue weighted by Crippen LogP contribution is -2.50. The van der Waals surface area contributed by atoms with Crippen molar-refractivity contribution in [1.82, 2.24) is 14.8 Å². The summed E-state index contributed by atoms with van der Waals surface area (Å²) in [5.41, 5.74) is 1.41. The zero-order valence-electron chi connectivity index (χ0n) is 24.0. The molecule has 9 nitrogen and oxygen atoms in total. The summed E-state index contributed by atoms with van der Waals surface area (Å²) in [6.07, 6.45) is 1.61. The third kappa shape index (κ3) is 7.15. The topological polar surface area (TPSA) is 115 Å². The van der Waals surface area contributed by atoms with E-state index in [4.69, 9.17) is 4.74 Å². The number of aromatic nitrogens is 1. The molecule has 0 bridgehead atoms. The molecule has 1 aliphatic heterocycles. The van der Waals surface area contributed by atoms with E-state index in [1.807, 2.05) is 56.3 Å². The van der Waals surface area contributed by atoms with Crippen molar-refractivity contribution in [1.29, 1.82) is 0 Å². The molecular formula is C32H38N4O5. The Hall–Kier alpha value is -4.13. The molecule has 0 fully saturated rings. The van der Waals surface area contributed by atoms with Gasteiger partial charge < -0.3 is 30.1 Å². The summed E-state index contributed by atoms with van der Waals surface area (Å²) >= 11 is 0. The van der Waals surface area contributed by atoms with Gasteiger partial charge in [0.15, 0.2) is 0 Å². The number of aliphatic hydroxyl groups is 2. The highest BCUT2D eigenvalue weighted by Gasteiger charge is 2.34. The Balaban J connectivity index is 1.59. The first-order chi connectivity index (χ1) is 19.7. The number of ether oxygens (including phenoxy) is 1. The second-order valence-corrected chi connectivity index (χ2v) is 10.6. The number of hydrogen-bond donors (Lipinski definition) is 3. The monoisotopic (exact) mass is 558 g/mol. The van der Waals surface area contributed by atoms with Gasteiger partial charge in [-0.1, -0.05) is 68.5 Å². The smallest absolute Gasteiger partial charge is 0.321 e. The van der Waals surface area contributed by atoms with E-state index in [0.29, 0.717) is 24.2 Å². The maximum absolute atomic E-state index is 13.6. The Bertz CT molecular complexity index is 1440. The number of rotatable bonds is 7. The number of fused-ring (bicyclic) bond motifs is 2. The Morgan fingerprint density at radius 1 is 1.27 bits per heavy atom. The van der Waals surface area contributed by atoms with Crippen LogP contribution in [0.15, 0.2) is 54.7 Å². The highest BCUT2D eigenvalue weighted by molar-refractivity contribution is 6.01. The molecular weight excluding hydrogens is 520 g/mol. The summed E-state index contributed by atoms with van der Waals surface area (Å²) in [6, 6.07) is 14.5. The lowest BCUT2D eigenvalue weighted by molar-refractivity contribution is 0.0356. The number of urea groups is 1. The number of carbonyl (C=O) groups is 2. The average molecular weight is 559 g/mol. The number of carbonyl (C=O) groups excluding carboxylic acids is 2. The largest absolute Gasteiger partial charge is 0.472 e. The number of pyridine rings is 1. The minimum atomic E-state index is -0.763. The van der Waals surface area contributed by atoms with E-state index in [0.717, 1.165) is 17.2 Å². The highest BCUT2D eigenvalue weighted by Crippen LogP contribution is 2.28. The second-order valence-electron chi connectivity index (χ2n) is 10.6. The van der Waals surface area contributed by atoms with Crippen LogP contribution in [0.25, 0.3) is 10.8 Å². The van der Waals surface area contributed by atoms with Crippen molar-refractivity contribution in [2.75, 3.05) is 32.1 Å². The van der Waals surface area contributed by atoms with Crippen LogP contribution in [-0.2, 0) is 0 Å². The number of aliphatic hydroxyl groups excluding tert-OH is 2. The van der Waals surface area contributed by atoms with Gasteiger partial charge in [0.1, 0.15) is 17.8 Å². The van der Waals surface area contributed by atoms with E-state index in [-0.39, 0.29) is 42.5 Å². The minimum absolute atomic E-state index is 0.143. The molecule has 9 heteroatoms. The minimum Gasteiger partial charge on any atom is -0.472 e. The van der Waals surface area contributed by atoms with Crippen molar-refractivity contribution >= 4 is 28.4 Å². The van der Waals surface area contributed by atoms with Gasteiger partial charge in [0.05, 0.1) is 24.9 Å². The molecule has 3 amide bonds. The van der Waals surface area contributed by atoms with E-state index in [1.54, 1.807) is 29.8 Å². The maximum Gasteiger partial charge on any atom is 0.321 e. The SMILES string of the molecule is CCCC(O)C#Cc1cnc2c(c1)C(=O)N([C@H](C)CO)C[C@H](C)[C@H](CN(C)C(=O)Nc1cccc3ccccc13)O2. The summed E-state index contributed by atoms with van der Waals surface area (Å²) in [4.78, 5) is 34.4. The van der Waals surface area contributed by atoms with Crippen LogP contribution in [0.2, 0.25) is 0 Å². The lowest BCUT2D eigenvalue weighted by atomic mass is 10.00. The molecule has 216 valence electrons. The molecule has 3 N–H and O–H groups in total. The first-order valence-electron chi connectivity index (χ1n) is 14.0. The van der Waals surface area contributed by atoms with Crippen molar-refractivity contribution in [3.8, 4) is 17.7 Å². The van der Waals surface area contributed by atoms with Gasteiger partial charge in [-0.2, -0.15) is 0 Å². The molecule has 1 aromatic heterocycles. The number of likely N-dealkylation sites (N-methyl/N-ethyl adjacent to an activating group) is 1. The van der Waals surface area contributed by atoms with Crippen LogP contribution in [-0.4, -0.2) is 81.9 Å². The number of amides is 3. The third-order valence-electron chi connectivity index (χ3n) is 7.30. The fraction of sp³-hybridized carbons (Fsp3) is 0.406. The molecule has 2 aromatic carbocycles. The zero-order chi connectivity index (χ0) is 29.5. The molecule has 4 atom stereocenters. The Morgan fingerprint density at radius 2 is 2.02 bits per heavy atom. The van der Waals surface area contributed by atoms with Gasteiger partial charge in [0.25, 0.3) is 5.91 Å². The van der Waals surface area contributed by atoms with E-state index in [2.05, 4.69) is 22.1 Å². The van der Waals surface area contributed by atoms with Crippen molar-refractivity contribution in [3.63, 3.8) is 0 Å². The Morgan fingerprint density at radius 3 is 2.78 bits per heavy atom. The van der Waals surface area contributed by atoms with Gasteiger partial charge in [0.2, 0.25) is 5.88 Å². The fourth-order valence-electron chi connectivity index (χ4n) is 4.80. The molecule has 0 radical (unpaired) electrons. The predicted molar refractivity (Wildman–Crippen MR) is 159 cm³/mol. The summed E-state index contributed by atoms with van der Waals surface area (Å²) in [5, 5.41) is 24.9. The van der Waals surface area contributed by atoms with Crippen molar-refractivity contribution in [2.24, 2.45) is 5.92 Å². The normalized spacial score (nSPS) is 18.2. The van der Waals surface area contributed by atoms with Crippen LogP contribution in [0, 0.1) is 17.8 Å². The van der Waals surface area contributed by atoms with Crippen molar-refractivity contribution in [2.45, 2.75) is 51.9 Å². The van der Waals surface area contributed by atoms with Gasteiger partial charge in [-0.3, -0.25) is 4.79 Å². The molecule has 41 heavy (non-hydrogen) atoms. The second kappa shape index (κ2) is 13.5. The van der Waals surface area contributed by atoms with Crippen LogP contribution in [0.4, 0.5) is 10.5 Å². The fourth-order valence-corrected chi connectivity index (χ4v) is 4.80. The third-order valence-corrected chi connectivity index (χ3v) is 7.30. The number of benzene rings is 2. The molecule has 4 rings (SSSR count). The first kappa shape index (κ1) is 29.8. The summed E-state index contributed by atoms with van der Waals surface area (Å²) in [5.74, 6) is 5.33. The molecule has 0 saturated heterocycles. The van der Waals surface area contributed by atoms with Crippen molar-refractivity contribution in [3.05, 3.63) is 65.9 Å². The van der Waals surface area contributed by atoms with E-state index in [1.165, 1.54) is 6.20 Å². The Labute approximate surface area is 241 Å². The summed E-state index contributed by atoms with van der Waals surface area (Å²) < 4.78 is 6.30. The van der Waals surface area contributed by atoms with Crippen LogP contribution >= 0.6 is 0 Å². The van der Waals surface area contributed by atoms with Gasteiger partial charge in [-0.15, -0.1) is 0 Å². The molecule has 1 aliphatic rings. The predicted octanol–water partition coefficient (Wildman–Crippen LogP) is 4.13. The molecule has 0 spiro atoms. The van der Waals surface area contributed by atoms with Crippen LogP contribution in [0.1, 0.15) is 49.5 Å². The van der Waals surface area contributed by atoms with E-state index < -0.39 is 18.2 Å². The van der Waals surface area contributed by atoms with Crippen LogP contribution < -0.4 is 10.1 Å². The molecule has 1 unspecified atom stereocenters. The average Bonchev–Trinajstić information content (AvgIpc) is 2.97.